The lowest BCUT2D eigenvalue weighted by atomic mass is 9.45. The highest BCUT2D eigenvalue weighted by Crippen LogP contribution is 2.68. The molecule has 0 spiro atoms. The van der Waals surface area contributed by atoms with Crippen LogP contribution < -0.4 is 0 Å². The summed E-state index contributed by atoms with van der Waals surface area (Å²) in [6, 6.07) is 0. The van der Waals surface area contributed by atoms with Crippen molar-refractivity contribution in [3.8, 4) is 0 Å². The maximum Gasteiger partial charge on any atom is 0.0175 e. The van der Waals surface area contributed by atoms with Crippen molar-refractivity contribution >= 4 is 0 Å². The molecular formula is C31H53N. The fraction of sp³-hybridized carbons (Fsp3) is 0.935. The SMILES string of the molecule is CC(C)CCCC(C)C1CCC2C3CCC4CC(N5CCCC5)=CCC4(C)C3CCC12C. The van der Waals surface area contributed by atoms with Crippen molar-refractivity contribution < 1.29 is 0 Å². The molecule has 0 radical (unpaired) electrons. The summed E-state index contributed by atoms with van der Waals surface area (Å²) in [5.74, 6) is 6.83. The maximum absolute atomic E-state index is 2.76. The van der Waals surface area contributed by atoms with Crippen LogP contribution in [0.15, 0.2) is 11.8 Å². The Labute approximate surface area is 200 Å². The summed E-state index contributed by atoms with van der Waals surface area (Å²) in [5, 5.41) is 0. The Balaban J connectivity index is 1.28. The predicted molar refractivity (Wildman–Crippen MR) is 137 cm³/mol. The van der Waals surface area contributed by atoms with Gasteiger partial charge in [0, 0.05) is 18.8 Å². The quantitative estimate of drug-likeness (QED) is 0.400. The third-order valence-electron chi connectivity index (χ3n) is 12.0. The van der Waals surface area contributed by atoms with E-state index in [1.165, 1.54) is 83.7 Å². The van der Waals surface area contributed by atoms with Crippen LogP contribution in [0.25, 0.3) is 0 Å². The molecule has 1 saturated heterocycles. The lowest BCUT2D eigenvalue weighted by molar-refractivity contribution is -0.103. The summed E-state index contributed by atoms with van der Waals surface area (Å²) in [7, 11) is 0. The van der Waals surface area contributed by atoms with Gasteiger partial charge in [-0.3, -0.25) is 0 Å². The van der Waals surface area contributed by atoms with Crippen molar-refractivity contribution in [3.63, 3.8) is 0 Å². The molecule has 5 rings (SSSR count). The van der Waals surface area contributed by atoms with Crippen LogP contribution in [0.4, 0.5) is 0 Å². The largest absolute Gasteiger partial charge is 0.375 e. The van der Waals surface area contributed by atoms with Gasteiger partial charge in [0.2, 0.25) is 0 Å². The first-order chi connectivity index (χ1) is 15.3. The van der Waals surface area contributed by atoms with Gasteiger partial charge < -0.3 is 4.90 Å². The van der Waals surface area contributed by atoms with E-state index in [1.807, 2.05) is 0 Å². The normalized spacial score (nSPS) is 44.8. The third kappa shape index (κ3) is 3.90. The van der Waals surface area contributed by atoms with Crippen molar-refractivity contribution in [1.82, 2.24) is 4.90 Å². The molecule has 0 aromatic rings. The maximum atomic E-state index is 2.76. The van der Waals surface area contributed by atoms with Gasteiger partial charge in [-0.2, -0.15) is 0 Å². The monoisotopic (exact) mass is 439 g/mol. The highest BCUT2D eigenvalue weighted by molar-refractivity contribution is 5.17. The van der Waals surface area contributed by atoms with E-state index < -0.39 is 0 Å². The number of hydrogen-bond acceptors (Lipinski definition) is 1. The Morgan fingerprint density at radius 2 is 1.66 bits per heavy atom. The van der Waals surface area contributed by atoms with Gasteiger partial charge in [0.1, 0.15) is 0 Å². The van der Waals surface area contributed by atoms with E-state index in [4.69, 9.17) is 0 Å². The molecule has 0 amide bonds. The van der Waals surface area contributed by atoms with Crippen LogP contribution in [0, 0.1) is 52.3 Å². The van der Waals surface area contributed by atoms with Crippen molar-refractivity contribution in [2.75, 3.05) is 13.1 Å². The van der Waals surface area contributed by atoms with Gasteiger partial charge in [-0.15, -0.1) is 0 Å². The zero-order valence-electron chi connectivity index (χ0n) is 22.2. The molecule has 0 aromatic carbocycles. The molecule has 1 aliphatic heterocycles. The van der Waals surface area contributed by atoms with E-state index in [9.17, 15) is 0 Å². The summed E-state index contributed by atoms with van der Waals surface area (Å²) in [5.41, 5.74) is 2.97. The smallest absolute Gasteiger partial charge is 0.0175 e. The number of allylic oxidation sites excluding steroid dienone is 2. The molecule has 8 atom stereocenters. The van der Waals surface area contributed by atoms with E-state index in [0.29, 0.717) is 10.8 Å². The van der Waals surface area contributed by atoms with Gasteiger partial charge in [-0.25, -0.2) is 0 Å². The highest BCUT2D eigenvalue weighted by atomic mass is 15.1. The van der Waals surface area contributed by atoms with Crippen LogP contribution in [-0.4, -0.2) is 18.0 Å². The van der Waals surface area contributed by atoms with E-state index >= 15 is 0 Å². The molecular weight excluding hydrogens is 386 g/mol. The third-order valence-corrected chi connectivity index (χ3v) is 12.0. The molecule has 0 aromatic heterocycles. The van der Waals surface area contributed by atoms with Gasteiger partial charge in [0.05, 0.1) is 0 Å². The predicted octanol–water partition coefficient (Wildman–Crippen LogP) is 8.70. The number of rotatable bonds is 6. The van der Waals surface area contributed by atoms with Gasteiger partial charge in [-0.1, -0.05) is 60.0 Å². The first kappa shape index (κ1) is 23.3. The van der Waals surface area contributed by atoms with Crippen LogP contribution in [0.5, 0.6) is 0 Å². The van der Waals surface area contributed by atoms with E-state index in [0.717, 1.165) is 41.4 Å². The molecule has 32 heavy (non-hydrogen) atoms. The molecule has 4 fully saturated rings. The minimum atomic E-state index is 0.592. The van der Waals surface area contributed by atoms with Crippen LogP contribution in [0.1, 0.15) is 118 Å². The second kappa shape index (κ2) is 8.96. The number of hydrogen-bond donors (Lipinski definition) is 0. The minimum Gasteiger partial charge on any atom is -0.375 e. The Bertz CT molecular complexity index is 687. The van der Waals surface area contributed by atoms with Crippen LogP contribution in [0.2, 0.25) is 0 Å². The Morgan fingerprint density at radius 1 is 0.906 bits per heavy atom. The van der Waals surface area contributed by atoms with Crippen LogP contribution >= 0.6 is 0 Å². The standard InChI is InChI=1S/C31H53N/c1-22(2)9-8-10-23(3)27-13-14-28-26-12-11-24-21-25(32-19-6-7-20-32)15-17-30(24,4)29(26)16-18-31(27,28)5/h15,22-24,26-29H,6-14,16-21H2,1-5H3. The lowest BCUT2D eigenvalue weighted by Gasteiger charge is -2.60. The minimum absolute atomic E-state index is 0.592. The van der Waals surface area contributed by atoms with Gasteiger partial charge in [0.25, 0.3) is 0 Å². The van der Waals surface area contributed by atoms with Crippen LogP contribution in [-0.2, 0) is 0 Å². The second-order valence-corrected chi connectivity index (χ2v) is 14.0. The van der Waals surface area contributed by atoms with Gasteiger partial charge in [-0.05, 0) is 116 Å². The van der Waals surface area contributed by atoms with E-state index in [2.05, 4.69) is 45.6 Å². The van der Waals surface area contributed by atoms with Gasteiger partial charge >= 0.3 is 0 Å². The molecule has 1 heteroatoms. The zero-order chi connectivity index (χ0) is 22.5. The number of likely N-dealkylation sites (tertiary alicyclic amines) is 1. The average Bonchev–Trinajstić information content (AvgIpc) is 3.40. The Morgan fingerprint density at radius 3 is 2.41 bits per heavy atom. The fourth-order valence-corrected chi connectivity index (χ4v) is 10.1. The molecule has 0 N–H and O–H groups in total. The summed E-state index contributed by atoms with van der Waals surface area (Å²) in [4.78, 5) is 2.74. The molecule has 0 bridgehead atoms. The average molecular weight is 440 g/mol. The van der Waals surface area contributed by atoms with E-state index in [-0.39, 0.29) is 0 Å². The summed E-state index contributed by atoms with van der Waals surface area (Å²) < 4.78 is 0. The summed E-state index contributed by atoms with van der Waals surface area (Å²) >= 11 is 0. The van der Waals surface area contributed by atoms with Crippen molar-refractivity contribution in [1.29, 1.82) is 0 Å². The molecule has 5 aliphatic rings. The lowest BCUT2D eigenvalue weighted by Crippen LogP contribution is -2.53. The second-order valence-electron chi connectivity index (χ2n) is 14.0. The molecule has 182 valence electrons. The molecule has 3 saturated carbocycles. The first-order valence-electron chi connectivity index (χ1n) is 14.8. The van der Waals surface area contributed by atoms with Crippen molar-refractivity contribution in [2.24, 2.45) is 52.3 Å². The first-order valence-corrected chi connectivity index (χ1v) is 14.8. The summed E-state index contributed by atoms with van der Waals surface area (Å²) in [6.07, 6.45) is 21.9. The molecule has 1 heterocycles. The fourth-order valence-electron chi connectivity index (χ4n) is 10.1. The molecule has 4 aliphatic carbocycles. The Kier molecular flexibility index (Phi) is 6.52. The number of nitrogens with zero attached hydrogens (tertiary/aromatic N) is 1. The topological polar surface area (TPSA) is 3.24 Å². The van der Waals surface area contributed by atoms with Crippen molar-refractivity contribution in [2.45, 2.75) is 118 Å². The summed E-state index contributed by atoms with van der Waals surface area (Å²) in [6.45, 7) is 15.6. The van der Waals surface area contributed by atoms with E-state index in [1.54, 1.807) is 18.5 Å². The van der Waals surface area contributed by atoms with Gasteiger partial charge in [0.15, 0.2) is 0 Å². The molecule has 1 nitrogen and oxygen atoms in total. The zero-order valence-corrected chi connectivity index (χ0v) is 22.2. The van der Waals surface area contributed by atoms with Crippen LogP contribution in [0.3, 0.4) is 0 Å². The highest BCUT2D eigenvalue weighted by Gasteiger charge is 2.60. The number of fused-ring (bicyclic) bond motifs is 5. The Hall–Kier alpha value is -0.460. The molecule has 8 unspecified atom stereocenters. The van der Waals surface area contributed by atoms with Crippen molar-refractivity contribution in [3.05, 3.63) is 11.8 Å².